The highest BCUT2D eigenvalue weighted by molar-refractivity contribution is 8.02. The second-order valence-corrected chi connectivity index (χ2v) is 11.2. The number of fused-ring (bicyclic) bond motifs is 2. The molecule has 1 aromatic heterocycles. The third kappa shape index (κ3) is 4.14. The van der Waals surface area contributed by atoms with Crippen LogP contribution in [0.1, 0.15) is 19.3 Å². The maximum absolute atomic E-state index is 14.2. The van der Waals surface area contributed by atoms with Crippen LogP contribution in [-0.2, 0) is 25.8 Å². The van der Waals surface area contributed by atoms with Crippen LogP contribution in [0.25, 0.3) is 11.0 Å². The molecule has 1 N–H and O–H groups in total. The second-order valence-electron chi connectivity index (χ2n) is 9.62. The lowest BCUT2D eigenvalue weighted by Gasteiger charge is -2.37. The number of hydrogen-bond donors (Lipinski definition) is 1. The van der Waals surface area contributed by atoms with Crippen LogP contribution in [0.15, 0.2) is 49.6 Å². The van der Waals surface area contributed by atoms with Crippen molar-refractivity contribution in [3.05, 3.63) is 49.6 Å². The van der Waals surface area contributed by atoms with Gasteiger partial charge in [0, 0.05) is 18.3 Å². The van der Waals surface area contributed by atoms with Crippen LogP contribution in [0.3, 0.4) is 0 Å². The Balaban J connectivity index is 1.47. The molecule has 5 rings (SSSR count). The third-order valence-electron chi connectivity index (χ3n) is 7.60. The number of nitrogens with zero attached hydrogens (tertiary/aromatic N) is 5. The Bertz CT molecular complexity index is 1230. The van der Waals surface area contributed by atoms with E-state index in [9.17, 15) is 19.5 Å². The molecule has 10 nitrogen and oxygen atoms in total. The molecule has 11 heteroatoms. The number of carbonyl (C=O) groups is 3. The van der Waals surface area contributed by atoms with Crippen LogP contribution in [0, 0.1) is 11.8 Å². The molecule has 3 saturated heterocycles. The van der Waals surface area contributed by atoms with E-state index in [0.717, 1.165) is 11.9 Å². The fourth-order valence-electron chi connectivity index (χ4n) is 6.12. The molecule has 2 aromatic rings. The number of likely N-dealkylation sites (tertiary alicyclic amines) is 1. The highest BCUT2D eigenvalue weighted by Crippen LogP contribution is 2.66. The minimum Gasteiger partial charge on any atom is -0.465 e. The van der Waals surface area contributed by atoms with Gasteiger partial charge in [0.15, 0.2) is 0 Å². The smallest absolute Gasteiger partial charge is 0.310 e. The summed E-state index contributed by atoms with van der Waals surface area (Å²) in [5.74, 6) is -2.18. The number of thioether (sulfide) groups is 1. The van der Waals surface area contributed by atoms with E-state index in [4.69, 9.17) is 4.74 Å². The van der Waals surface area contributed by atoms with Crippen LogP contribution >= 0.6 is 11.8 Å². The predicted molar refractivity (Wildman–Crippen MR) is 138 cm³/mol. The van der Waals surface area contributed by atoms with Gasteiger partial charge in [-0.2, -0.15) is 0 Å². The number of hydrogen-bond acceptors (Lipinski definition) is 8. The summed E-state index contributed by atoms with van der Waals surface area (Å²) in [5, 5.41) is 18.1. The lowest BCUT2D eigenvalue weighted by atomic mass is 9.71. The number of ether oxygens (including phenoxy) is 1. The summed E-state index contributed by atoms with van der Waals surface area (Å²) in [6.45, 7) is 7.80. The van der Waals surface area contributed by atoms with Gasteiger partial charge in [-0.3, -0.25) is 14.4 Å². The molecule has 1 spiro atoms. The van der Waals surface area contributed by atoms with Crippen LogP contribution in [0.5, 0.6) is 0 Å². The Labute approximate surface area is 219 Å². The second kappa shape index (κ2) is 10.3. The number of carbonyl (C=O) groups excluding carboxylic acids is 3. The molecule has 1 aromatic carbocycles. The van der Waals surface area contributed by atoms with E-state index in [2.05, 4.69) is 23.5 Å². The molecule has 4 heterocycles. The minimum atomic E-state index is -0.812. The Hall–Kier alpha value is -3.18. The van der Waals surface area contributed by atoms with Crippen molar-refractivity contribution in [2.24, 2.45) is 11.8 Å². The van der Waals surface area contributed by atoms with Crippen molar-refractivity contribution in [3.63, 3.8) is 0 Å². The van der Waals surface area contributed by atoms with Crippen molar-refractivity contribution in [3.8, 4) is 0 Å². The van der Waals surface area contributed by atoms with Gasteiger partial charge in [-0.25, -0.2) is 4.68 Å². The molecule has 0 aliphatic carbocycles. The van der Waals surface area contributed by atoms with E-state index in [1.165, 1.54) is 4.90 Å². The average Bonchev–Trinajstić information content (AvgIpc) is 3.64. The highest BCUT2D eigenvalue weighted by atomic mass is 32.2. The van der Waals surface area contributed by atoms with Gasteiger partial charge in [0.1, 0.15) is 18.2 Å². The van der Waals surface area contributed by atoms with Crippen molar-refractivity contribution in [1.82, 2.24) is 24.8 Å². The molecule has 3 aliphatic rings. The number of aromatic nitrogens is 3. The first-order valence-corrected chi connectivity index (χ1v) is 13.4. The molecule has 0 saturated carbocycles. The van der Waals surface area contributed by atoms with Crippen molar-refractivity contribution in [1.29, 1.82) is 0 Å². The fraction of sp³-hybridized carbons (Fsp3) is 0.500. The van der Waals surface area contributed by atoms with Crippen LogP contribution < -0.4 is 0 Å². The number of amides is 2. The summed E-state index contributed by atoms with van der Waals surface area (Å²) >= 11 is 1.57. The number of rotatable bonds is 11. The Morgan fingerprint density at radius 3 is 2.86 bits per heavy atom. The predicted octanol–water partition coefficient (Wildman–Crippen LogP) is 1.61. The maximum atomic E-state index is 14.2. The molecule has 37 heavy (non-hydrogen) atoms. The molecule has 196 valence electrons. The number of aliphatic hydroxyl groups is 1. The number of β-amino-alcohol motifs (C(OH)–C–C–N with tert-alkyl or cyclic N) is 1. The summed E-state index contributed by atoms with van der Waals surface area (Å²) in [6, 6.07) is 6.67. The van der Waals surface area contributed by atoms with Crippen molar-refractivity contribution < 1.29 is 24.2 Å². The van der Waals surface area contributed by atoms with Gasteiger partial charge in [0.05, 0.1) is 35.3 Å². The van der Waals surface area contributed by atoms with Crippen molar-refractivity contribution in [2.45, 2.75) is 42.0 Å². The van der Waals surface area contributed by atoms with E-state index >= 15 is 0 Å². The summed E-state index contributed by atoms with van der Waals surface area (Å²) in [6.07, 6.45) is 5.21. The summed E-state index contributed by atoms with van der Waals surface area (Å²) in [7, 11) is 0. The fourth-order valence-corrected chi connectivity index (χ4v) is 8.32. The van der Waals surface area contributed by atoms with Gasteiger partial charge in [0.2, 0.25) is 11.8 Å². The van der Waals surface area contributed by atoms with E-state index in [0.29, 0.717) is 18.4 Å². The first-order chi connectivity index (χ1) is 18.0. The molecular weight excluding hydrogens is 494 g/mol. The van der Waals surface area contributed by atoms with E-state index in [-0.39, 0.29) is 50.0 Å². The van der Waals surface area contributed by atoms with Crippen LogP contribution in [-0.4, -0.2) is 90.0 Å². The molecule has 3 aliphatic heterocycles. The first kappa shape index (κ1) is 25.5. The zero-order chi connectivity index (χ0) is 26.2. The first-order valence-electron chi connectivity index (χ1n) is 12.5. The van der Waals surface area contributed by atoms with Gasteiger partial charge < -0.3 is 19.6 Å². The molecular formula is C26H31N5O5S. The quantitative estimate of drug-likeness (QED) is 0.267. The minimum absolute atomic E-state index is 0.0190. The molecule has 3 fully saturated rings. The van der Waals surface area contributed by atoms with E-state index in [1.54, 1.807) is 33.5 Å². The SMILES string of the molecule is C=CCCOC(=O)[C@@H]1[C@H]2C(=O)N(CCO)C(C(=O)N(CC=C)Cn3nnc4ccccc43)C23CC[C@H]1S3. The molecule has 2 bridgehead atoms. The van der Waals surface area contributed by atoms with Gasteiger partial charge in [-0.05, 0) is 31.4 Å². The van der Waals surface area contributed by atoms with Gasteiger partial charge in [-0.1, -0.05) is 29.5 Å². The summed E-state index contributed by atoms with van der Waals surface area (Å²) in [4.78, 5) is 44.2. The Morgan fingerprint density at radius 2 is 2.11 bits per heavy atom. The molecule has 5 atom stereocenters. The molecule has 0 radical (unpaired) electrons. The monoisotopic (exact) mass is 525 g/mol. The number of benzene rings is 1. The number of aliphatic hydroxyl groups excluding tert-OH is 1. The lowest BCUT2D eigenvalue weighted by molar-refractivity contribution is -0.154. The number of esters is 1. The lowest BCUT2D eigenvalue weighted by Crippen LogP contribution is -2.55. The van der Waals surface area contributed by atoms with Crippen molar-refractivity contribution >= 4 is 40.6 Å². The average molecular weight is 526 g/mol. The largest absolute Gasteiger partial charge is 0.465 e. The highest BCUT2D eigenvalue weighted by Gasteiger charge is 2.74. The topological polar surface area (TPSA) is 118 Å². The van der Waals surface area contributed by atoms with Gasteiger partial charge in [-0.15, -0.1) is 30.0 Å². The third-order valence-corrected chi connectivity index (χ3v) is 9.55. The zero-order valence-corrected chi connectivity index (χ0v) is 21.4. The number of para-hydroxylation sites is 1. The van der Waals surface area contributed by atoms with Crippen molar-refractivity contribution in [2.75, 3.05) is 26.3 Å². The van der Waals surface area contributed by atoms with E-state index < -0.39 is 28.6 Å². The molecule has 2 unspecified atom stereocenters. The van der Waals surface area contributed by atoms with Gasteiger partial charge in [0.25, 0.3) is 0 Å². The standard InChI is InChI=1S/C26H31N5O5S/c1-3-5-15-36-25(35)20-19-10-11-26(37-19)21(20)23(33)30(13-14-32)22(26)24(34)29(12-4-2)16-31-18-9-7-6-8-17(18)27-28-31/h3-4,6-9,19-22,32H,1-2,5,10-16H2/t19-,20+,21+,22?,26?/m1/s1. The molecule has 2 amide bonds. The van der Waals surface area contributed by atoms with Crippen LogP contribution in [0.4, 0.5) is 0 Å². The maximum Gasteiger partial charge on any atom is 0.310 e. The Kier molecular flexibility index (Phi) is 7.09. The normalized spacial score (nSPS) is 27.9. The summed E-state index contributed by atoms with van der Waals surface area (Å²) in [5.41, 5.74) is 1.50. The summed E-state index contributed by atoms with van der Waals surface area (Å²) < 4.78 is 6.39. The Morgan fingerprint density at radius 1 is 1.30 bits per heavy atom. The van der Waals surface area contributed by atoms with E-state index in [1.807, 2.05) is 24.3 Å². The van der Waals surface area contributed by atoms with Crippen LogP contribution in [0.2, 0.25) is 0 Å². The van der Waals surface area contributed by atoms with Gasteiger partial charge >= 0.3 is 5.97 Å². The zero-order valence-electron chi connectivity index (χ0n) is 20.6.